The molecule has 2 aromatic carbocycles. The third-order valence-electron chi connectivity index (χ3n) is 5.08. The number of carbonyl (C=O) groups excluding carboxylic acids is 4. The third kappa shape index (κ3) is 5.65. The van der Waals surface area contributed by atoms with E-state index in [2.05, 4.69) is 69.0 Å². The van der Waals surface area contributed by atoms with Crippen LogP contribution < -0.4 is 10.1 Å². The van der Waals surface area contributed by atoms with Gasteiger partial charge in [0, 0.05) is 23.6 Å². The van der Waals surface area contributed by atoms with E-state index in [1.54, 1.807) is 38.1 Å². The molecule has 0 radical (unpaired) electrons. The number of imide groups is 1. The Balaban J connectivity index is 1.75. The molecule has 35 heavy (non-hydrogen) atoms. The summed E-state index contributed by atoms with van der Waals surface area (Å²) in [6, 6.07) is 5.50. The Hall–Kier alpha value is -1.76. The molecule has 3 amide bonds. The fraction of sp³-hybridized carbons (Fsp3) is 0.304. The molecular weight excluding hydrogens is 720 g/mol. The molecule has 1 aliphatic heterocycles. The number of ether oxygens (including phenoxy) is 2. The van der Waals surface area contributed by atoms with Crippen molar-refractivity contribution in [2.24, 2.45) is 5.92 Å². The molecule has 0 spiro atoms. The maximum atomic E-state index is 13.3. The standard InChI is InChI=1S/C23H20Br4N2O6/c1-4-34-12-7-5-11(6-8-12)28-13(30)9-35-23(33)20(10(2)3)29-21(31)14-15(22(29)32)17(25)19(27)18(26)16(14)24/h5-8,10,20H,4,9H2,1-3H3,(H,28,30). The zero-order valence-electron chi connectivity index (χ0n) is 18.8. The van der Waals surface area contributed by atoms with Crippen LogP contribution in [-0.2, 0) is 14.3 Å². The van der Waals surface area contributed by atoms with Gasteiger partial charge in [-0.1, -0.05) is 13.8 Å². The van der Waals surface area contributed by atoms with E-state index in [0.717, 1.165) is 4.90 Å². The highest BCUT2D eigenvalue weighted by Crippen LogP contribution is 2.46. The van der Waals surface area contributed by atoms with Crippen LogP contribution in [0, 0.1) is 5.92 Å². The number of benzene rings is 2. The van der Waals surface area contributed by atoms with Gasteiger partial charge in [0.05, 0.1) is 17.7 Å². The van der Waals surface area contributed by atoms with Crippen LogP contribution in [0.2, 0.25) is 0 Å². The number of halogens is 4. The number of amides is 3. The third-order valence-corrected chi connectivity index (χ3v) is 9.85. The Morgan fingerprint density at radius 1 is 0.914 bits per heavy atom. The van der Waals surface area contributed by atoms with Crippen LogP contribution in [0.25, 0.3) is 0 Å². The largest absolute Gasteiger partial charge is 0.494 e. The van der Waals surface area contributed by atoms with E-state index in [1.807, 2.05) is 6.92 Å². The summed E-state index contributed by atoms with van der Waals surface area (Å²) in [5.74, 6) is -2.51. The van der Waals surface area contributed by atoms with Gasteiger partial charge in [-0.05, 0) is 101 Å². The summed E-state index contributed by atoms with van der Waals surface area (Å²) in [5.41, 5.74) is 0.758. The first-order chi connectivity index (χ1) is 16.5. The molecule has 0 saturated carbocycles. The lowest BCUT2D eigenvalue weighted by molar-refractivity contribution is -0.152. The minimum Gasteiger partial charge on any atom is -0.494 e. The number of nitrogens with zero attached hydrogens (tertiary/aromatic N) is 1. The van der Waals surface area contributed by atoms with E-state index in [-0.39, 0.29) is 11.1 Å². The highest BCUT2D eigenvalue weighted by molar-refractivity contribution is 9.15. The van der Waals surface area contributed by atoms with Crippen LogP contribution >= 0.6 is 63.7 Å². The lowest BCUT2D eigenvalue weighted by atomic mass is 10.0. The van der Waals surface area contributed by atoms with Crippen molar-refractivity contribution in [3.8, 4) is 5.75 Å². The molecule has 1 aliphatic rings. The molecule has 3 rings (SSSR count). The second kappa shape index (κ2) is 11.5. The number of anilines is 1. The van der Waals surface area contributed by atoms with E-state index in [4.69, 9.17) is 9.47 Å². The van der Waals surface area contributed by atoms with Crippen LogP contribution in [0.3, 0.4) is 0 Å². The van der Waals surface area contributed by atoms with Crippen molar-refractivity contribution in [1.82, 2.24) is 4.90 Å². The molecule has 1 unspecified atom stereocenters. The van der Waals surface area contributed by atoms with Crippen LogP contribution in [0.5, 0.6) is 5.75 Å². The molecule has 12 heteroatoms. The van der Waals surface area contributed by atoms with Crippen LogP contribution in [0.1, 0.15) is 41.5 Å². The smallest absolute Gasteiger partial charge is 0.330 e. The van der Waals surface area contributed by atoms with E-state index < -0.39 is 42.3 Å². The molecule has 0 fully saturated rings. The zero-order chi connectivity index (χ0) is 26.0. The predicted molar refractivity (Wildman–Crippen MR) is 144 cm³/mol. The number of carbonyl (C=O) groups is 4. The van der Waals surface area contributed by atoms with Crippen molar-refractivity contribution in [3.05, 3.63) is 53.3 Å². The Morgan fingerprint density at radius 3 is 1.89 bits per heavy atom. The van der Waals surface area contributed by atoms with Gasteiger partial charge in [0.1, 0.15) is 11.8 Å². The van der Waals surface area contributed by atoms with E-state index in [0.29, 0.717) is 35.9 Å². The average Bonchev–Trinajstić information content (AvgIpc) is 3.06. The molecule has 186 valence electrons. The first-order valence-electron chi connectivity index (χ1n) is 10.4. The van der Waals surface area contributed by atoms with Crippen molar-refractivity contribution in [3.63, 3.8) is 0 Å². The molecular formula is C23H20Br4N2O6. The summed E-state index contributed by atoms with van der Waals surface area (Å²) in [6.45, 7) is 5.18. The van der Waals surface area contributed by atoms with Gasteiger partial charge in [-0.25, -0.2) is 4.79 Å². The molecule has 1 heterocycles. The summed E-state index contributed by atoms with van der Waals surface area (Å²) >= 11 is 13.5. The van der Waals surface area contributed by atoms with E-state index in [9.17, 15) is 19.2 Å². The van der Waals surface area contributed by atoms with Gasteiger partial charge in [-0.2, -0.15) is 0 Å². The van der Waals surface area contributed by atoms with E-state index >= 15 is 0 Å². The lowest BCUT2D eigenvalue weighted by Gasteiger charge is -2.27. The van der Waals surface area contributed by atoms with Crippen molar-refractivity contribution in [2.45, 2.75) is 26.8 Å². The van der Waals surface area contributed by atoms with Crippen molar-refractivity contribution in [1.29, 1.82) is 0 Å². The number of esters is 1. The zero-order valence-corrected chi connectivity index (χ0v) is 25.1. The maximum Gasteiger partial charge on any atom is 0.330 e. The Morgan fingerprint density at radius 2 is 1.43 bits per heavy atom. The van der Waals surface area contributed by atoms with Gasteiger partial charge in [-0.3, -0.25) is 19.3 Å². The second-order valence-corrected chi connectivity index (χ2v) is 11.0. The topological polar surface area (TPSA) is 102 Å². The van der Waals surface area contributed by atoms with Crippen LogP contribution in [0.15, 0.2) is 42.2 Å². The maximum absolute atomic E-state index is 13.3. The molecule has 1 atom stereocenters. The van der Waals surface area contributed by atoms with Gasteiger partial charge in [0.15, 0.2) is 6.61 Å². The lowest BCUT2D eigenvalue weighted by Crippen LogP contribution is -2.49. The predicted octanol–water partition coefficient (Wildman–Crippen LogP) is 5.94. The summed E-state index contributed by atoms with van der Waals surface area (Å²) < 4.78 is 12.4. The molecule has 8 nitrogen and oxygen atoms in total. The fourth-order valence-corrected chi connectivity index (χ4v) is 5.97. The fourth-order valence-electron chi connectivity index (χ4n) is 3.52. The first-order valence-corrected chi connectivity index (χ1v) is 13.6. The minimum atomic E-state index is -1.22. The minimum absolute atomic E-state index is 0.128. The Kier molecular flexibility index (Phi) is 9.16. The summed E-state index contributed by atoms with van der Waals surface area (Å²) in [5, 5.41) is 2.62. The summed E-state index contributed by atoms with van der Waals surface area (Å²) in [4.78, 5) is 52.7. The molecule has 1 N–H and O–H groups in total. The molecule has 0 aliphatic carbocycles. The van der Waals surface area contributed by atoms with E-state index in [1.165, 1.54) is 0 Å². The highest BCUT2D eigenvalue weighted by Gasteiger charge is 2.47. The summed E-state index contributed by atoms with van der Waals surface area (Å²) in [6.07, 6.45) is 0. The van der Waals surface area contributed by atoms with Crippen LogP contribution in [0.4, 0.5) is 5.69 Å². The van der Waals surface area contributed by atoms with Crippen molar-refractivity contribution < 1.29 is 28.7 Å². The Labute approximate surface area is 235 Å². The normalized spacial score (nSPS) is 13.7. The summed E-state index contributed by atoms with van der Waals surface area (Å²) in [7, 11) is 0. The highest BCUT2D eigenvalue weighted by atomic mass is 79.9. The van der Waals surface area contributed by atoms with Gasteiger partial charge in [0.2, 0.25) is 0 Å². The number of nitrogens with one attached hydrogen (secondary N) is 1. The van der Waals surface area contributed by atoms with Gasteiger partial charge in [0.25, 0.3) is 17.7 Å². The van der Waals surface area contributed by atoms with Crippen molar-refractivity contribution in [2.75, 3.05) is 18.5 Å². The molecule has 0 saturated heterocycles. The first kappa shape index (κ1) is 27.8. The van der Waals surface area contributed by atoms with Gasteiger partial charge >= 0.3 is 5.97 Å². The molecule has 0 bridgehead atoms. The number of hydrogen-bond donors (Lipinski definition) is 1. The Bertz CT molecular complexity index is 1150. The monoisotopic (exact) mass is 736 g/mol. The number of fused-ring (bicyclic) bond motifs is 1. The van der Waals surface area contributed by atoms with Crippen LogP contribution in [-0.4, -0.2) is 47.8 Å². The van der Waals surface area contributed by atoms with Gasteiger partial charge < -0.3 is 14.8 Å². The second-order valence-electron chi connectivity index (χ2n) is 7.79. The van der Waals surface area contributed by atoms with Crippen molar-refractivity contribution >= 4 is 93.1 Å². The number of hydrogen-bond acceptors (Lipinski definition) is 6. The molecule has 0 aromatic heterocycles. The number of rotatable bonds is 8. The SMILES string of the molecule is CCOc1ccc(NC(=O)COC(=O)C(C(C)C)N2C(=O)c3c(Br)c(Br)c(Br)c(Br)c3C2=O)cc1. The molecule has 2 aromatic rings. The average molecular weight is 740 g/mol. The quantitative estimate of drug-likeness (QED) is 0.156. The van der Waals surface area contributed by atoms with Gasteiger partial charge in [-0.15, -0.1) is 0 Å².